The fourth-order valence-electron chi connectivity index (χ4n) is 3.55. The smallest absolute Gasteiger partial charge is 0.244 e. The molecule has 1 saturated heterocycles. The lowest BCUT2D eigenvalue weighted by molar-refractivity contribution is -0.142. The van der Waals surface area contributed by atoms with Gasteiger partial charge in [0.1, 0.15) is 6.54 Å². The van der Waals surface area contributed by atoms with Crippen molar-refractivity contribution < 1.29 is 14.4 Å². The number of imide groups is 1. The molecule has 3 amide bonds. The van der Waals surface area contributed by atoms with Gasteiger partial charge in [-0.2, -0.15) is 0 Å². The summed E-state index contributed by atoms with van der Waals surface area (Å²) in [5.74, 6) is -1.07. The average Bonchev–Trinajstić information content (AvgIpc) is 2.81. The lowest BCUT2D eigenvalue weighted by atomic mass is 9.81. The van der Waals surface area contributed by atoms with Crippen molar-refractivity contribution in [1.29, 1.82) is 0 Å². The first kappa shape index (κ1) is 15.7. The van der Waals surface area contributed by atoms with Crippen molar-refractivity contribution in [3.63, 3.8) is 0 Å². The standard InChI is InChI=1S/C18H22N2O3/c1-2-12-7-9-13(10-8-12)19-16(21)11-20-17(22)14-5-3-4-6-15(14)18(20)23/h7-10,14-15H,2-6,11H2,1H3,(H,19,21). The Hall–Kier alpha value is -2.17. The topological polar surface area (TPSA) is 66.5 Å². The molecule has 1 aliphatic heterocycles. The minimum absolute atomic E-state index is 0.170. The third kappa shape index (κ3) is 3.14. The molecular weight excluding hydrogens is 292 g/mol. The van der Waals surface area contributed by atoms with E-state index in [0.29, 0.717) is 5.69 Å². The van der Waals surface area contributed by atoms with Crippen LogP contribution in [0.5, 0.6) is 0 Å². The molecule has 0 spiro atoms. The predicted molar refractivity (Wildman–Crippen MR) is 86.6 cm³/mol. The molecule has 0 bridgehead atoms. The molecule has 1 N–H and O–H groups in total. The van der Waals surface area contributed by atoms with Gasteiger partial charge in [-0.15, -0.1) is 0 Å². The zero-order valence-electron chi connectivity index (χ0n) is 13.4. The Kier molecular flexibility index (Phi) is 4.46. The number of carbonyl (C=O) groups excluding carboxylic acids is 3. The molecule has 5 heteroatoms. The molecule has 1 heterocycles. The number of carbonyl (C=O) groups is 3. The van der Waals surface area contributed by atoms with Crippen LogP contribution in [0.15, 0.2) is 24.3 Å². The first-order valence-electron chi connectivity index (χ1n) is 8.34. The van der Waals surface area contributed by atoms with Gasteiger partial charge in [0.25, 0.3) is 0 Å². The number of hydrogen-bond donors (Lipinski definition) is 1. The van der Waals surface area contributed by atoms with Gasteiger partial charge in [0.05, 0.1) is 11.8 Å². The van der Waals surface area contributed by atoms with Gasteiger partial charge in [0.2, 0.25) is 17.7 Å². The second kappa shape index (κ2) is 6.52. The summed E-state index contributed by atoms with van der Waals surface area (Å²) in [6.07, 6.45) is 4.46. The van der Waals surface area contributed by atoms with E-state index in [1.165, 1.54) is 5.56 Å². The van der Waals surface area contributed by atoms with Gasteiger partial charge in [-0.1, -0.05) is 31.9 Å². The SMILES string of the molecule is CCc1ccc(NC(=O)CN2C(=O)C3CCCCC3C2=O)cc1. The van der Waals surface area contributed by atoms with E-state index >= 15 is 0 Å². The molecule has 122 valence electrons. The fraction of sp³-hybridized carbons (Fsp3) is 0.500. The highest BCUT2D eigenvalue weighted by molar-refractivity contribution is 6.08. The summed E-state index contributed by atoms with van der Waals surface area (Å²) in [4.78, 5) is 38.0. The zero-order chi connectivity index (χ0) is 16.4. The van der Waals surface area contributed by atoms with Crippen LogP contribution in [0.1, 0.15) is 38.2 Å². The second-order valence-corrected chi connectivity index (χ2v) is 6.36. The minimum Gasteiger partial charge on any atom is -0.325 e. The van der Waals surface area contributed by atoms with Gasteiger partial charge in [0, 0.05) is 5.69 Å². The Labute approximate surface area is 136 Å². The maximum Gasteiger partial charge on any atom is 0.244 e. The van der Waals surface area contributed by atoms with Crippen LogP contribution < -0.4 is 5.32 Å². The van der Waals surface area contributed by atoms with E-state index in [0.717, 1.165) is 37.0 Å². The summed E-state index contributed by atoms with van der Waals surface area (Å²) in [5, 5.41) is 2.76. The fourth-order valence-corrected chi connectivity index (χ4v) is 3.55. The summed E-state index contributed by atoms with van der Waals surface area (Å²) >= 11 is 0. The second-order valence-electron chi connectivity index (χ2n) is 6.36. The number of nitrogens with zero attached hydrogens (tertiary/aromatic N) is 1. The van der Waals surface area contributed by atoms with Gasteiger partial charge in [-0.25, -0.2) is 0 Å². The van der Waals surface area contributed by atoms with Crippen LogP contribution in [0.3, 0.4) is 0 Å². The van der Waals surface area contributed by atoms with Crippen molar-refractivity contribution >= 4 is 23.4 Å². The largest absolute Gasteiger partial charge is 0.325 e. The summed E-state index contributed by atoms with van der Waals surface area (Å²) in [6.45, 7) is 1.89. The summed E-state index contributed by atoms with van der Waals surface area (Å²) < 4.78 is 0. The Balaban J connectivity index is 1.63. The van der Waals surface area contributed by atoms with Gasteiger partial charge in [-0.3, -0.25) is 19.3 Å². The van der Waals surface area contributed by atoms with Crippen LogP contribution in [-0.4, -0.2) is 29.2 Å². The maximum absolute atomic E-state index is 12.3. The van der Waals surface area contributed by atoms with Gasteiger partial charge in [-0.05, 0) is 37.0 Å². The number of amides is 3. The number of likely N-dealkylation sites (tertiary alicyclic amines) is 1. The average molecular weight is 314 g/mol. The minimum atomic E-state index is -0.324. The maximum atomic E-state index is 12.3. The quantitative estimate of drug-likeness (QED) is 0.868. The highest BCUT2D eigenvalue weighted by Crippen LogP contribution is 2.37. The van der Waals surface area contributed by atoms with Crippen molar-refractivity contribution in [3.8, 4) is 0 Å². The Morgan fingerprint density at radius 3 is 2.17 bits per heavy atom. The van der Waals surface area contributed by atoms with E-state index in [4.69, 9.17) is 0 Å². The monoisotopic (exact) mass is 314 g/mol. The zero-order valence-corrected chi connectivity index (χ0v) is 13.4. The molecule has 2 atom stereocenters. The number of benzene rings is 1. The normalized spacial score (nSPS) is 23.8. The van der Waals surface area contributed by atoms with Crippen molar-refractivity contribution in [2.45, 2.75) is 39.0 Å². The number of aryl methyl sites for hydroxylation is 1. The molecule has 0 radical (unpaired) electrons. The van der Waals surface area contributed by atoms with Crippen LogP contribution in [0.2, 0.25) is 0 Å². The molecule has 1 saturated carbocycles. The molecule has 1 aliphatic carbocycles. The summed E-state index contributed by atoms with van der Waals surface area (Å²) in [5.41, 5.74) is 1.88. The Morgan fingerprint density at radius 2 is 1.65 bits per heavy atom. The number of nitrogens with one attached hydrogen (secondary N) is 1. The van der Waals surface area contributed by atoms with Crippen molar-refractivity contribution in [3.05, 3.63) is 29.8 Å². The van der Waals surface area contributed by atoms with Crippen LogP contribution in [0.25, 0.3) is 0 Å². The van der Waals surface area contributed by atoms with Crippen LogP contribution in [-0.2, 0) is 20.8 Å². The van der Waals surface area contributed by atoms with Gasteiger partial charge >= 0.3 is 0 Å². The number of rotatable bonds is 4. The molecule has 1 aromatic rings. The van der Waals surface area contributed by atoms with E-state index in [-0.39, 0.29) is 36.1 Å². The molecule has 2 aliphatic rings. The van der Waals surface area contributed by atoms with Crippen molar-refractivity contribution in [1.82, 2.24) is 4.90 Å². The molecule has 2 unspecified atom stereocenters. The molecule has 3 rings (SSSR count). The van der Waals surface area contributed by atoms with Crippen LogP contribution in [0, 0.1) is 11.8 Å². The third-order valence-corrected chi connectivity index (χ3v) is 4.88. The molecule has 23 heavy (non-hydrogen) atoms. The third-order valence-electron chi connectivity index (χ3n) is 4.88. The first-order valence-corrected chi connectivity index (χ1v) is 8.34. The van der Waals surface area contributed by atoms with Gasteiger partial charge < -0.3 is 5.32 Å². The van der Waals surface area contributed by atoms with Crippen LogP contribution >= 0.6 is 0 Å². The highest BCUT2D eigenvalue weighted by atomic mass is 16.2. The molecule has 1 aromatic carbocycles. The number of fused-ring (bicyclic) bond motifs is 1. The molecule has 0 aromatic heterocycles. The summed E-state index contributed by atoms with van der Waals surface area (Å²) in [6, 6.07) is 7.58. The van der Waals surface area contributed by atoms with Crippen molar-refractivity contribution in [2.75, 3.05) is 11.9 Å². The number of anilines is 1. The highest BCUT2D eigenvalue weighted by Gasteiger charge is 2.48. The summed E-state index contributed by atoms with van der Waals surface area (Å²) in [7, 11) is 0. The molecule has 5 nitrogen and oxygen atoms in total. The molecule has 2 fully saturated rings. The van der Waals surface area contributed by atoms with E-state index < -0.39 is 0 Å². The Bertz CT molecular complexity index is 600. The van der Waals surface area contributed by atoms with E-state index in [1.807, 2.05) is 24.3 Å². The lowest BCUT2D eigenvalue weighted by Crippen LogP contribution is -2.38. The Morgan fingerprint density at radius 1 is 1.09 bits per heavy atom. The number of hydrogen-bond acceptors (Lipinski definition) is 3. The van der Waals surface area contributed by atoms with Gasteiger partial charge in [0.15, 0.2) is 0 Å². The first-order chi connectivity index (χ1) is 11.1. The predicted octanol–water partition coefficient (Wildman–Crippen LogP) is 2.36. The van der Waals surface area contributed by atoms with E-state index in [1.54, 1.807) is 0 Å². The lowest BCUT2D eigenvalue weighted by Gasteiger charge is -2.19. The van der Waals surface area contributed by atoms with Crippen LogP contribution in [0.4, 0.5) is 5.69 Å². The van der Waals surface area contributed by atoms with Crippen molar-refractivity contribution in [2.24, 2.45) is 11.8 Å². The van der Waals surface area contributed by atoms with E-state index in [9.17, 15) is 14.4 Å². The molecular formula is C18H22N2O3. The van der Waals surface area contributed by atoms with E-state index in [2.05, 4.69) is 12.2 Å².